The van der Waals surface area contributed by atoms with Gasteiger partial charge in [0, 0.05) is 10.5 Å². The van der Waals surface area contributed by atoms with Crippen LogP contribution in [0.4, 0.5) is 11.4 Å². The van der Waals surface area contributed by atoms with Gasteiger partial charge in [-0.3, -0.25) is 4.79 Å². The fourth-order valence-corrected chi connectivity index (χ4v) is 2.77. The van der Waals surface area contributed by atoms with Crippen molar-refractivity contribution in [3.63, 3.8) is 0 Å². The Morgan fingerprint density at radius 1 is 1.08 bits per heavy atom. The molecule has 0 aromatic heterocycles. The quantitative estimate of drug-likeness (QED) is 0.772. The van der Waals surface area contributed by atoms with E-state index in [0.717, 1.165) is 21.4 Å². The number of amides is 1. The lowest BCUT2D eigenvalue weighted by molar-refractivity contribution is -0.116. The zero-order valence-electron chi connectivity index (χ0n) is 14.1. The standard InChI is InChI=1S/C18H21BrN2O3/c1-11-5-7-15(14(19)9-11)21-18(22)12(2)20-16-8-6-13(23-3)10-17(16)24-4/h5-10,12,20H,1-4H3,(H,21,22). The number of aryl methyl sites for hydroxylation is 1. The van der Waals surface area contributed by atoms with Gasteiger partial charge in [0.25, 0.3) is 0 Å². The van der Waals surface area contributed by atoms with E-state index < -0.39 is 6.04 Å². The first-order chi connectivity index (χ1) is 11.4. The molecule has 0 aliphatic rings. The normalized spacial score (nSPS) is 11.5. The lowest BCUT2D eigenvalue weighted by Crippen LogP contribution is -2.32. The van der Waals surface area contributed by atoms with E-state index >= 15 is 0 Å². The van der Waals surface area contributed by atoms with Crippen LogP contribution < -0.4 is 20.1 Å². The molecule has 2 aromatic rings. The zero-order valence-corrected chi connectivity index (χ0v) is 15.7. The summed E-state index contributed by atoms with van der Waals surface area (Å²) in [5.41, 5.74) is 2.58. The molecule has 1 amide bonds. The van der Waals surface area contributed by atoms with Crippen molar-refractivity contribution in [2.75, 3.05) is 24.9 Å². The predicted molar refractivity (Wildman–Crippen MR) is 100 cm³/mol. The molecule has 0 radical (unpaired) electrons. The minimum absolute atomic E-state index is 0.141. The minimum Gasteiger partial charge on any atom is -0.497 e. The van der Waals surface area contributed by atoms with Crippen LogP contribution in [0.5, 0.6) is 11.5 Å². The van der Waals surface area contributed by atoms with Crippen LogP contribution in [0.2, 0.25) is 0 Å². The Morgan fingerprint density at radius 2 is 1.79 bits per heavy atom. The van der Waals surface area contributed by atoms with E-state index in [9.17, 15) is 4.79 Å². The van der Waals surface area contributed by atoms with Gasteiger partial charge in [0.15, 0.2) is 0 Å². The van der Waals surface area contributed by atoms with Gasteiger partial charge in [0.1, 0.15) is 17.5 Å². The summed E-state index contributed by atoms with van der Waals surface area (Å²) in [7, 11) is 3.17. The van der Waals surface area contributed by atoms with Crippen LogP contribution in [0.1, 0.15) is 12.5 Å². The van der Waals surface area contributed by atoms with Crippen molar-refractivity contribution in [1.82, 2.24) is 0 Å². The highest BCUT2D eigenvalue weighted by Gasteiger charge is 2.16. The molecule has 0 fully saturated rings. The van der Waals surface area contributed by atoms with E-state index in [1.807, 2.05) is 37.3 Å². The van der Waals surface area contributed by atoms with Gasteiger partial charge in [-0.1, -0.05) is 6.07 Å². The Bertz CT molecular complexity index is 734. The molecule has 24 heavy (non-hydrogen) atoms. The second-order valence-corrected chi connectivity index (χ2v) is 6.26. The lowest BCUT2D eigenvalue weighted by Gasteiger charge is -2.18. The first kappa shape index (κ1) is 18.1. The molecule has 2 aromatic carbocycles. The average Bonchev–Trinajstić information content (AvgIpc) is 2.57. The molecular weight excluding hydrogens is 372 g/mol. The van der Waals surface area contributed by atoms with Gasteiger partial charge in [-0.25, -0.2) is 0 Å². The molecule has 0 aliphatic heterocycles. The SMILES string of the molecule is COc1ccc(NC(C)C(=O)Nc2ccc(C)cc2Br)c(OC)c1. The molecule has 2 N–H and O–H groups in total. The van der Waals surface area contributed by atoms with Crippen LogP contribution in [-0.2, 0) is 4.79 Å². The van der Waals surface area contributed by atoms with E-state index in [2.05, 4.69) is 26.6 Å². The number of anilines is 2. The number of hydrogen-bond donors (Lipinski definition) is 2. The van der Waals surface area contributed by atoms with Crippen molar-refractivity contribution in [1.29, 1.82) is 0 Å². The summed E-state index contributed by atoms with van der Waals surface area (Å²) in [6.45, 7) is 3.79. The first-order valence-electron chi connectivity index (χ1n) is 7.50. The molecule has 6 heteroatoms. The van der Waals surface area contributed by atoms with Crippen molar-refractivity contribution in [2.45, 2.75) is 19.9 Å². The third kappa shape index (κ3) is 4.41. The number of hydrogen-bond acceptors (Lipinski definition) is 4. The zero-order chi connectivity index (χ0) is 17.7. The number of nitrogens with one attached hydrogen (secondary N) is 2. The number of methoxy groups -OCH3 is 2. The van der Waals surface area contributed by atoms with E-state index in [1.54, 1.807) is 27.2 Å². The summed E-state index contributed by atoms with van der Waals surface area (Å²) in [5, 5.41) is 6.06. The largest absolute Gasteiger partial charge is 0.497 e. The number of rotatable bonds is 6. The summed E-state index contributed by atoms with van der Waals surface area (Å²) in [6, 6.07) is 10.7. The molecule has 2 rings (SSSR count). The number of ether oxygens (including phenoxy) is 2. The molecule has 128 valence electrons. The van der Waals surface area contributed by atoms with Gasteiger partial charge in [-0.2, -0.15) is 0 Å². The fraction of sp³-hybridized carbons (Fsp3) is 0.278. The van der Waals surface area contributed by atoms with E-state index in [-0.39, 0.29) is 5.91 Å². The highest BCUT2D eigenvalue weighted by Crippen LogP contribution is 2.30. The first-order valence-corrected chi connectivity index (χ1v) is 8.29. The lowest BCUT2D eigenvalue weighted by atomic mass is 10.2. The molecule has 1 unspecified atom stereocenters. The summed E-state index contributed by atoms with van der Waals surface area (Å²) >= 11 is 3.46. The second-order valence-electron chi connectivity index (χ2n) is 5.40. The van der Waals surface area contributed by atoms with Gasteiger partial charge < -0.3 is 20.1 Å². The van der Waals surface area contributed by atoms with Crippen molar-refractivity contribution in [2.24, 2.45) is 0 Å². The minimum atomic E-state index is -0.444. The second kappa shape index (κ2) is 8.06. The molecule has 0 saturated carbocycles. The van der Waals surface area contributed by atoms with Crippen LogP contribution in [0, 0.1) is 6.92 Å². The van der Waals surface area contributed by atoms with Gasteiger partial charge in [-0.15, -0.1) is 0 Å². The van der Waals surface area contributed by atoms with Crippen molar-refractivity contribution in [3.8, 4) is 11.5 Å². The molecule has 5 nitrogen and oxygen atoms in total. The molecule has 0 saturated heterocycles. The van der Waals surface area contributed by atoms with Crippen molar-refractivity contribution < 1.29 is 14.3 Å². The van der Waals surface area contributed by atoms with Crippen LogP contribution in [-0.4, -0.2) is 26.2 Å². The summed E-state index contributed by atoms with van der Waals surface area (Å²) in [4.78, 5) is 12.4. The number of halogens is 1. The Morgan fingerprint density at radius 3 is 2.42 bits per heavy atom. The molecule has 0 heterocycles. The molecule has 0 aliphatic carbocycles. The number of carbonyl (C=O) groups excluding carboxylic acids is 1. The third-order valence-electron chi connectivity index (χ3n) is 3.56. The van der Waals surface area contributed by atoms with Crippen LogP contribution in [0.25, 0.3) is 0 Å². The van der Waals surface area contributed by atoms with Gasteiger partial charge in [0.2, 0.25) is 5.91 Å². The van der Waals surface area contributed by atoms with Crippen molar-refractivity contribution >= 4 is 33.2 Å². The van der Waals surface area contributed by atoms with E-state index in [4.69, 9.17) is 9.47 Å². The molecular formula is C18H21BrN2O3. The summed E-state index contributed by atoms with van der Waals surface area (Å²) < 4.78 is 11.4. The smallest absolute Gasteiger partial charge is 0.246 e. The van der Waals surface area contributed by atoms with Crippen LogP contribution in [0.15, 0.2) is 40.9 Å². The maximum atomic E-state index is 12.4. The summed E-state index contributed by atoms with van der Waals surface area (Å²) in [6.07, 6.45) is 0. The van der Waals surface area contributed by atoms with Gasteiger partial charge >= 0.3 is 0 Å². The van der Waals surface area contributed by atoms with Crippen molar-refractivity contribution in [3.05, 3.63) is 46.4 Å². The Kier molecular flexibility index (Phi) is 6.09. The average molecular weight is 393 g/mol. The number of benzene rings is 2. The molecule has 0 spiro atoms. The van der Waals surface area contributed by atoms with Crippen LogP contribution in [0.3, 0.4) is 0 Å². The van der Waals surface area contributed by atoms with E-state index in [1.165, 1.54) is 0 Å². The summed E-state index contributed by atoms with van der Waals surface area (Å²) in [5.74, 6) is 1.17. The highest BCUT2D eigenvalue weighted by atomic mass is 79.9. The molecule has 1 atom stereocenters. The maximum Gasteiger partial charge on any atom is 0.246 e. The Balaban J connectivity index is 2.08. The van der Waals surface area contributed by atoms with E-state index in [0.29, 0.717) is 11.5 Å². The molecule has 0 bridgehead atoms. The van der Waals surface area contributed by atoms with Gasteiger partial charge in [0.05, 0.1) is 25.6 Å². The monoisotopic (exact) mass is 392 g/mol. The number of carbonyl (C=O) groups is 1. The van der Waals surface area contributed by atoms with Crippen LogP contribution >= 0.6 is 15.9 Å². The third-order valence-corrected chi connectivity index (χ3v) is 4.21. The highest BCUT2D eigenvalue weighted by molar-refractivity contribution is 9.10. The Labute approximate surface area is 150 Å². The Hall–Kier alpha value is -2.21. The fourth-order valence-electron chi connectivity index (χ4n) is 2.18. The van der Waals surface area contributed by atoms with Gasteiger partial charge in [-0.05, 0) is 59.6 Å². The topological polar surface area (TPSA) is 59.6 Å². The maximum absolute atomic E-state index is 12.4. The predicted octanol–water partition coefficient (Wildman–Crippen LogP) is 4.21.